The van der Waals surface area contributed by atoms with Gasteiger partial charge in [0.05, 0.1) is 17.6 Å². The van der Waals surface area contributed by atoms with Gasteiger partial charge in [-0.2, -0.15) is 5.10 Å². The summed E-state index contributed by atoms with van der Waals surface area (Å²) in [6, 6.07) is 13.6. The standard InChI is InChI=1S/C23H28N6O2.HI/c1-17-20(18(2)29(26-17)19-8-5-4-6-9-19)16-25-23(24-3)28-13-11-27(12-14-28)22(30)21-10-7-15-31-21;/h4-10,15H,11-14,16H2,1-3H3,(H,24,25);1H. The Kier molecular flexibility index (Phi) is 7.94. The largest absolute Gasteiger partial charge is 0.459 e. The van der Waals surface area contributed by atoms with Crippen molar-refractivity contribution in [2.24, 2.45) is 4.99 Å². The topological polar surface area (TPSA) is 78.9 Å². The van der Waals surface area contributed by atoms with E-state index in [2.05, 4.69) is 34.3 Å². The van der Waals surface area contributed by atoms with Crippen molar-refractivity contribution in [1.29, 1.82) is 0 Å². The fraction of sp³-hybridized carbons (Fsp3) is 0.348. The molecule has 1 saturated heterocycles. The van der Waals surface area contributed by atoms with Crippen LogP contribution in [0.25, 0.3) is 5.69 Å². The number of aryl methyl sites for hydroxylation is 1. The van der Waals surface area contributed by atoms with Crippen LogP contribution in [0, 0.1) is 13.8 Å². The normalized spacial score (nSPS) is 14.3. The van der Waals surface area contributed by atoms with Crippen molar-refractivity contribution in [3.8, 4) is 5.69 Å². The zero-order chi connectivity index (χ0) is 21.8. The summed E-state index contributed by atoms with van der Waals surface area (Å²) in [5.41, 5.74) is 4.33. The van der Waals surface area contributed by atoms with Gasteiger partial charge in [-0.05, 0) is 38.1 Å². The van der Waals surface area contributed by atoms with Crippen LogP contribution in [0.4, 0.5) is 0 Å². The summed E-state index contributed by atoms with van der Waals surface area (Å²) in [7, 11) is 1.79. The van der Waals surface area contributed by atoms with E-state index in [0.717, 1.165) is 28.6 Å². The fourth-order valence-corrected chi connectivity index (χ4v) is 3.93. The molecule has 8 nitrogen and oxygen atoms in total. The van der Waals surface area contributed by atoms with E-state index in [1.165, 1.54) is 6.26 Å². The van der Waals surface area contributed by atoms with Crippen LogP contribution in [0.2, 0.25) is 0 Å². The molecule has 1 fully saturated rings. The summed E-state index contributed by atoms with van der Waals surface area (Å²) >= 11 is 0. The first-order chi connectivity index (χ1) is 15.1. The van der Waals surface area contributed by atoms with E-state index in [0.29, 0.717) is 38.5 Å². The lowest BCUT2D eigenvalue weighted by Gasteiger charge is -2.36. The number of nitrogens with zero attached hydrogens (tertiary/aromatic N) is 5. The van der Waals surface area contributed by atoms with Crippen molar-refractivity contribution < 1.29 is 9.21 Å². The van der Waals surface area contributed by atoms with Crippen LogP contribution in [0.15, 0.2) is 58.1 Å². The molecule has 3 aromatic rings. The Morgan fingerprint density at radius 2 is 1.75 bits per heavy atom. The summed E-state index contributed by atoms with van der Waals surface area (Å²) in [6.07, 6.45) is 1.53. The molecule has 0 unspecified atom stereocenters. The quantitative estimate of drug-likeness (QED) is 0.308. The fourth-order valence-electron chi connectivity index (χ4n) is 3.93. The number of aliphatic imine (C=N–C) groups is 1. The molecule has 9 heteroatoms. The Morgan fingerprint density at radius 3 is 2.38 bits per heavy atom. The number of guanidine groups is 1. The molecule has 4 rings (SSSR count). The number of hydrogen-bond acceptors (Lipinski definition) is 4. The Morgan fingerprint density at radius 1 is 1.06 bits per heavy atom. The second kappa shape index (κ2) is 10.7. The van der Waals surface area contributed by atoms with E-state index < -0.39 is 0 Å². The van der Waals surface area contributed by atoms with Gasteiger partial charge >= 0.3 is 0 Å². The van der Waals surface area contributed by atoms with Gasteiger partial charge in [0.1, 0.15) is 0 Å². The molecule has 1 aromatic carbocycles. The van der Waals surface area contributed by atoms with Crippen molar-refractivity contribution in [2.75, 3.05) is 33.2 Å². The lowest BCUT2D eigenvalue weighted by atomic mass is 10.2. The number of aromatic nitrogens is 2. The van der Waals surface area contributed by atoms with Gasteiger partial charge in [0, 0.05) is 51.0 Å². The van der Waals surface area contributed by atoms with Crippen molar-refractivity contribution in [3.05, 3.63) is 71.4 Å². The van der Waals surface area contributed by atoms with Crippen LogP contribution < -0.4 is 5.32 Å². The number of para-hydroxylation sites is 1. The van der Waals surface area contributed by atoms with E-state index in [9.17, 15) is 4.79 Å². The zero-order valence-corrected chi connectivity index (χ0v) is 20.9. The lowest BCUT2D eigenvalue weighted by Crippen LogP contribution is -2.53. The average Bonchev–Trinajstić information content (AvgIpc) is 3.44. The predicted molar refractivity (Wildman–Crippen MR) is 135 cm³/mol. The van der Waals surface area contributed by atoms with Crippen LogP contribution >= 0.6 is 24.0 Å². The van der Waals surface area contributed by atoms with Gasteiger partial charge in [0.15, 0.2) is 11.7 Å². The molecule has 0 radical (unpaired) electrons. The SMILES string of the molecule is CN=C(NCc1c(C)nn(-c2ccccc2)c1C)N1CCN(C(=O)c2ccco2)CC1.I. The Balaban J connectivity index is 0.00000289. The number of rotatable bonds is 4. The number of carbonyl (C=O) groups is 1. The second-order valence-corrected chi connectivity index (χ2v) is 7.55. The number of carbonyl (C=O) groups excluding carboxylic acids is 1. The molecular weight excluding hydrogens is 519 g/mol. The monoisotopic (exact) mass is 548 g/mol. The van der Waals surface area contributed by atoms with E-state index >= 15 is 0 Å². The molecule has 2 aromatic heterocycles. The van der Waals surface area contributed by atoms with Gasteiger partial charge in [-0.1, -0.05) is 18.2 Å². The Hall–Kier alpha value is -2.82. The molecular formula is C23H29IN6O2. The molecule has 170 valence electrons. The van der Waals surface area contributed by atoms with E-state index in [1.807, 2.05) is 34.7 Å². The first-order valence-electron chi connectivity index (χ1n) is 10.5. The van der Waals surface area contributed by atoms with Crippen LogP contribution in [0.5, 0.6) is 0 Å². The minimum Gasteiger partial charge on any atom is -0.459 e. The van der Waals surface area contributed by atoms with Crippen LogP contribution in [-0.4, -0.2) is 64.7 Å². The molecule has 1 aliphatic heterocycles. The van der Waals surface area contributed by atoms with Crippen molar-refractivity contribution in [1.82, 2.24) is 24.9 Å². The van der Waals surface area contributed by atoms with Crippen molar-refractivity contribution in [3.63, 3.8) is 0 Å². The maximum absolute atomic E-state index is 12.5. The number of halogens is 1. The van der Waals surface area contributed by atoms with E-state index in [-0.39, 0.29) is 29.9 Å². The van der Waals surface area contributed by atoms with Gasteiger partial charge in [-0.15, -0.1) is 24.0 Å². The van der Waals surface area contributed by atoms with Gasteiger partial charge in [-0.25, -0.2) is 4.68 Å². The minimum absolute atomic E-state index is 0. The summed E-state index contributed by atoms with van der Waals surface area (Å²) in [5.74, 6) is 1.15. The maximum Gasteiger partial charge on any atom is 0.289 e. The van der Waals surface area contributed by atoms with E-state index in [4.69, 9.17) is 9.52 Å². The smallest absolute Gasteiger partial charge is 0.289 e. The molecule has 3 heterocycles. The predicted octanol–water partition coefficient (Wildman–Crippen LogP) is 3.23. The Labute approximate surface area is 205 Å². The summed E-state index contributed by atoms with van der Waals surface area (Å²) in [6.45, 7) is 7.45. The molecule has 0 atom stereocenters. The molecule has 0 spiro atoms. The van der Waals surface area contributed by atoms with Crippen LogP contribution in [-0.2, 0) is 6.54 Å². The summed E-state index contributed by atoms with van der Waals surface area (Å²) in [5, 5.41) is 8.19. The first kappa shape index (κ1) is 23.8. The average molecular weight is 548 g/mol. The zero-order valence-electron chi connectivity index (χ0n) is 18.6. The molecule has 1 amide bonds. The summed E-state index contributed by atoms with van der Waals surface area (Å²) < 4.78 is 7.22. The number of nitrogens with one attached hydrogen (secondary N) is 1. The second-order valence-electron chi connectivity index (χ2n) is 7.55. The van der Waals surface area contributed by atoms with Crippen LogP contribution in [0.1, 0.15) is 27.5 Å². The highest BCUT2D eigenvalue weighted by Crippen LogP contribution is 2.18. The molecule has 0 aliphatic carbocycles. The first-order valence-corrected chi connectivity index (χ1v) is 10.5. The lowest BCUT2D eigenvalue weighted by molar-refractivity contribution is 0.0657. The van der Waals surface area contributed by atoms with Crippen molar-refractivity contribution >= 4 is 35.8 Å². The highest BCUT2D eigenvalue weighted by atomic mass is 127. The Bertz CT molecular complexity index is 1050. The van der Waals surface area contributed by atoms with E-state index in [1.54, 1.807) is 19.2 Å². The van der Waals surface area contributed by atoms with Crippen LogP contribution in [0.3, 0.4) is 0 Å². The summed E-state index contributed by atoms with van der Waals surface area (Å²) in [4.78, 5) is 20.9. The van der Waals surface area contributed by atoms with Gasteiger partial charge < -0.3 is 19.5 Å². The highest BCUT2D eigenvalue weighted by Gasteiger charge is 2.25. The minimum atomic E-state index is -0.0628. The number of furan rings is 1. The number of hydrogen-bond donors (Lipinski definition) is 1. The number of benzene rings is 1. The molecule has 0 saturated carbocycles. The molecule has 32 heavy (non-hydrogen) atoms. The van der Waals surface area contributed by atoms with Gasteiger partial charge in [-0.3, -0.25) is 9.79 Å². The third-order valence-corrected chi connectivity index (χ3v) is 5.68. The molecule has 1 aliphatic rings. The van der Waals surface area contributed by atoms with Crippen molar-refractivity contribution in [2.45, 2.75) is 20.4 Å². The molecule has 0 bridgehead atoms. The highest BCUT2D eigenvalue weighted by molar-refractivity contribution is 14.0. The number of piperazine rings is 1. The molecule has 1 N–H and O–H groups in total. The van der Waals surface area contributed by atoms with Gasteiger partial charge in [0.25, 0.3) is 5.91 Å². The van der Waals surface area contributed by atoms with Gasteiger partial charge in [0.2, 0.25) is 0 Å². The third kappa shape index (κ3) is 4.98. The maximum atomic E-state index is 12.5. The third-order valence-electron chi connectivity index (χ3n) is 5.68. The number of amides is 1.